The molecule has 0 spiro atoms. The Morgan fingerprint density at radius 2 is 1.66 bits per heavy atom. The number of nitrogens with one attached hydrogen (secondary N) is 2. The third kappa shape index (κ3) is 7.06. The number of ether oxygens (including phenoxy) is 1. The molecule has 29 heavy (non-hydrogen) atoms. The lowest BCUT2D eigenvalue weighted by Gasteiger charge is -2.34. The lowest BCUT2D eigenvalue weighted by atomic mass is 10.3. The van der Waals surface area contributed by atoms with Gasteiger partial charge in [-0.05, 0) is 38.1 Å². The van der Waals surface area contributed by atoms with Crippen LogP contribution in [-0.4, -0.2) is 81.6 Å². The van der Waals surface area contributed by atoms with E-state index in [9.17, 15) is 13.2 Å². The van der Waals surface area contributed by atoms with Crippen LogP contribution in [0.15, 0.2) is 29.2 Å². The van der Waals surface area contributed by atoms with Gasteiger partial charge in [-0.15, -0.1) is 24.8 Å². The van der Waals surface area contributed by atoms with E-state index in [-0.39, 0.29) is 47.8 Å². The Hall–Kier alpha value is -0.940. The molecule has 2 N–H and O–H groups in total. The minimum Gasteiger partial charge on any atom is -0.373 e. The molecule has 2 saturated heterocycles. The van der Waals surface area contributed by atoms with Gasteiger partial charge in [-0.1, -0.05) is 0 Å². The molecule has 2 aliphatic heterocycles. The number of rotatable bonds is 5. The van der Waals surface area contributed by atoms with Gasteiger partial charge in [0.25, 0.3) is 0 Å². The Morgan fingerprint density at radius 1 is 1.10 bits per heavy atom. The zero-order chi connectivity index (χ0) is 19.4. The average Bonchev–Trinajstić information content (AvgIpc) is 2.62. The van der Waals surface area contributed by atoms with E-state index in [0.29, 0.717) is 25.3 Å². The van der Waals surface area contributed by atoms with Gasteiger partial charge in [0.05, 0.1) is 23.6 Å². The van der Waals surface area contributed by atoms with Gasteiger partial charge in [-0.25, -0.2) is 8.42 Å². The molecule has 0 bridgehead atoms. The van der Waals surface area contributed by atoms with E-state index in [1.165, 1.54) is 4.31 Å². The number of anilines is 1. The molecule has 166 valence electrons. The molecule has 2 atom stereocenters. The summed E-state index contributed by atoms with van der Waals surface area (Å²) in [6.45, 7) is 8.24. The zero-order valence-corrected chi connectivity index (χ0v) is 19.1. The summed E-state index contributed by atoms with van der Waals surface area (Å²) in [6.07, 6.45) is -0.265. The highest BCUT2D eigenvalue weighted by atomic mass is 35.5. The molecule has 2 unspecified atom stereocenters. The van der Waals surface area contributed by atoms with Gasteiger partial charge in [0, 0.05) is 45.0 Å². The van der Waals surface area contributed by atoms with Crippen LogP contribution in [0.25, 0.3) is 0 Å². The fourth-order valence-corrected chi connectivity index (χ4v) is 5.05. The van der Waals surface area contributed by atoms with Crippen molar-refractivity contribution in [3.05, 3.63) is 24.3 Å². The molecule has 2 heterocycles. The molecule has 3 rings (SSSR count). The van der Waals surface area contributed by atoms with Crippen molar-refractivity contribution >= 4 is 46.4 Å². The molecule has 2 aliphatic rings. The fourth-order valence-electron chi connectivity index (χ4n) is 3.46. The molecule has 8 nitrogen and oxygen atoms in total. The predicted octanol–water partition coefficient (Wildman–Crippen LogP) is 1.17. The smallest absolute Gasteiger partial charge is 0.243 e. The Balaban J connectivity index is 0.00000210. The lowest BCUT2D eigenvalue weighted by Crippen LogP contribution is -2.48. The van der Waals surface area contributed by atoms with Crippen LogP contribution >= 0.6 is 24.8 Å². The van der Waals surface area contributed by atoms with Crippen LogP contribution < -0.4 is 10.6 Å². The van der Waals surface area contributed by atoms with Crippen LogP contribution in [0.2, 0.25) is 0 Å². The molecule has 0 radical (unpaired) electrons. The predicted molar refractivity (Wildman–Crippen MR) is 118 cm³/mol. The number of halogens is 2. The van der Waals surface area contributed by atoms with E-state index in [1.54, 1.807) is 24.3 Å². The molecule has 11 heteroatoms. The van der Waals surface area contributed by atoms with Gasteiger partial charge in [-0.3, -0.25) is 9.69 Å². The molecular formula is C18H30Cl2N4O4S. The van der Waals surface area contributed by atoms with Crippen molar-refractivity contribution in [1.82, 2.24) is 14.5 Å². The third-order valence-corrected chi connectivity index (χ3v) is 6.58. The van der Waals surface area contributed by atoms with Gasteiger partial charge in [0.1, 0.15) is 0 Å². The number of hydrogen-bond acceptors (Lipinski definition) is 6. The number of carbonyl (C=O) groups is 1. The second-order valence-corrected chi connectivity index (χ2v) is 9.12. The Morgan fingerprint density at radius 3 is 2.21 bits per heavy atom. The van der Waals surface area contributed by atoms with Crippen LogP contribution in [-0.2, 0) is 19.6 Å². The van der Waals surface area contributed by atoms with E-state index >= 15 is 0 Å². The van der Waals surface area contributed by atoms with Crippen molar-refractivity contribution in [2.45, 2.75) is 31.0 Å². The summed E-state index contributed by atoms with van der Waals surface area (Å²) in [5.74, 6) is -0.0941. The lowest BCUT2D eigenvalue weighted by molar-refractivity contribution is -0.117. The number of benzene rings is 1. The van der Waals surface area contributed by atoms with Gasteiger partial charge < -0.3 is 15.4 Å². The van der Waals surface area contributed by atoms with Gasteiger partial charge in [0.2, 0.25) is 15.9 Å². The maximum Gasteiger partial charge on any atom is 0.243 e. The van der Waals surface area contributed by atoms with Crippen molar-refractivity contribution in [3.8, 4) is 0 Å². The molecular weight excluding hydrogens is 439 g/mol. The molecule has 0 saturated carbocycles. The monoisotopic (exact) mass is 468 g/mol. The van der Waals surface area contributed by atoms with E-state index in [1.807, 2.05) is 13.8 Å². The van der Waals surface area contributed by atoms with E-state index in [4.69, 9.17) is 4.74 Å². The summed E-state index contributed by atoms with van der Waals surface area (Å²) in [5, 5.41) is 6.08. The van der Waals surface area contributed by atoms with Crippen LogP contribution in [0.4, 0.5) is 5.69 Å². The Labute approximate surface area is 185 Å². The maximum absolute atomic E-state index is 12.8. The summed E-state index contributed by atoms with van der Waals surface area (Å²) >= 11 is 0. The first-order chi connectivity index (χ1) is 12.8. The molecule has 0 aromatic heterocycles. The Kier molecular flexibility index (Phi) is 10.3. The van der Waals surface area contributed by atoms with Gasteiger partial charge in [-0.2, -0.15) is 4.31 Å². The highest BCUT2D eigenvalue weighted by molar-refractivity contribution is 7.89. The molecule has 1 aromatic rings. The number of morpholine rings is 1. The van der Waals surface area contributed by atoms with Crippen LogP contribution in [0, 0.1) is 0 Å². The van der Waals surface area contributed by atoms with Crippen LogP contribution in [0.1, 0.15) is 13.8 Å². The molecule has 1 aromatic carbocycles. The second-order valence-electron chi connectivity index (χ2n) is 7.18. The van der Waals surface area contributed by atoms with Crippen LogP contribution in [0.3, 0.4) is 0 Å². The average molecular weight is 469 g/mol. The summed E-state index contributed by atoms with van der Waals surface area (Å²) in [6, 6.07) is 6.35. The zero-order valence-electron chi connectivity index (χ0n) is 16.7. The third-order valence-electron chi connectivity index (χ3n) is 4.74. The highest BCUT2D eigenvalue weighted by Gasteiger charge is 2.32. The SMILES string of the molecule is CC1CN(S(=O)(=O)c2ccc(NC(=O)CN3CCNCC3)cc2)CC(C)O1.Cl.Cl. The second kappa shape index (κ2) is 11.5. The number of piperazine rings is 1. The first-order valence-corrected chi connectivity index (χ1v) is 10.8. The normalized spacial score (nSPS) is 23.5. The standard InChI is InChI=1S/C18H28N4O4S.2ClH/c1-14-11-22(12-15(2)26-14)27(24,25)17-5-3-16(4-6-17)20-18(23)13-21-9-7-19-8-10-21;;/h3-6,14-15,19H,7-13H2,1-2H3,(H,20,23);2*1H. The van der Waals surface area contributed by atoms with E-state index in [2.05, 4.69) is 15.5 Å². The Bertz CT molecular complexity index is 748. The number of nitrogens with zero attached hydrogens (tertiary/aromatic N) is 2. The van der Waals surface area contributed by atoms with Crippen molar-refractivity contribution < 1.29 is 17.9 Å². The molecule has 2 fully saturated rings. The molecule has 1 amide bonds. The van der Waals surface area contributed by atoms with Crippen molar-refractivity contribution in [3.63, 3.8) is 0 Å². The topological polar surface area (TPSA) is 91.0 Å². The number of amides is 1. The summed E-state index contributed by atoms with van der Waals surface area (Å²) in [4.78, 5) is 14.5. The van der Waals surface area contributed by atoms with Gasteiger partial charge in [0.15, 0.2) is 0 Å². The summed E-state index contributed by atoms with van der Waals surface area (Å²) < 4.78 is 32.8. The highest BCUT2D eigenvalue weighted by Crippen LogP contribution is 2.22. The maximum atomic E-state index is 12.8. The number of hydrogen-bond donors (Lipinski definition) is 2. The van der Waals surface area contributed by atoms with E-state index < -0.39 is 10.0 Å². The number of carbonyl (C=O) groups excluding carboxylic acids is 1. The first-order valence-electron chi connectivity index (χ1n) is 9.33. The van der Waals surface area contributed by atoms with Crippen LogP contribution in [0.5, 0.6) is 0 Å². The van der Waals surface area contributed by atoms with Gasteiger partial charge >= 0.3 is 0 Å². The van der Waals surface area contributed by atoms with E-state index in [0.717, 1.165) is 26.2 Å². The quantitative estimate of drug-likeness (QED) is 0.673. The number of sulfonamides is 1. The van der Waals surface area contributed by atoms with Crippen molar-refractivity contribution in [2.24, 2.45) is 0 Å². The fraction of sp³-hybridized carbons (Fsp3) is 0.611. The summed E-state index contributed by atoms with van der Waals surface area (Å²) in [7, 11) is -3.57. The minimum absolute atomic E-state index is 0. The minimum atomic E-state index is -3.57. The van der Waals surface area contributed by atoms with Crippen molar-refractivity contribution in [2.75, 3.05) is 51.1 Å². The molecule has 0 aliphatic carbocycles. The van der Waals surface area contributed by atoms with Crippen molar-refractivity contribution in [1.29, 1.82) is 0 Å². The largest absolute Gasteiger partial charge is 0.373 e. The first kappa shape index (κ1) is 26.1. The summed E-state index contributed by atoms with van der Waals surface area (Å²) in [5.41, 5.74) is 0.595.